The summed E-state index contributed by atoms with van der Waals surface area (Å²) in [5.74, 6) is 1.95. The molecule has 0 aromatic heterocycles. The normalized spacial score (nSPS) is 20.1. The predicted octanol–water partition coefficient (Wildman–Crippen LogP) is 6.91. The average molecular weight is 523 g/mol. The number of nitrogens with zero attached hydrogens (tertiary/aromatic N) is 2. The molecule has 0 bridgehead atoms. The summed E-state index contributed by atoms with van der Waals surface area (Å²) < 4.78 is 0. The van der Waals surface area contributed by atoms with Gasteiger partial charge in [-0.25, -0.2) is 0 Å². The second kappa shape index (κ2) is 11.4. The number of carbonyl (C=O) groups is 1. The Hall–Kier alpha value is -1.98. The van der Waals surface area contributed by atoms with Crippen molar-refractivity contribution in [2.75, 3.05) is 31.9 Å². The number of aromatic hydroxyl groups is 1. The van der Waals surface area contributed by atoms with Gasteiger partial charge in [-0.2, -0.15) is 0 Å². The predicted molar refractivity (Wildman–Crippen MR) is 156 cm³/mol. The van der Waals surface area contributed by atoms with E-state index in [0.717, 1.165) is 55.2 Å². The van der Waals surface area contributed by atoms with Crippen molar-refractivity contribution in [3.63, 3.8) is 0 Å². The minimum atomic E-state index is -0.176. The van der Waals surface area contributed by atoms with E-state index in [9.17, 15) is 9.90 Å². The molecule has 4 rings (SSSR count). The topological polar surface area (TPSA) is 43.8 Å². The van der Waals surface area contributed by atoms with Crippen LogP contribution >= 0.6 is 11.8 Å². The van der Waals surface area contributed by atoms with Crippen LogP contribution in [0.3, 0.4) is 0 Å². The van der Waals surface area contributed by atoms with Gasteiger partial charge in [-0.3, -0.25) is 4.79 Å². The maximum absolute atomic E-state index is 12.9. The van der Waals surface area contributed by atoms with Crippen LogP contribution in [0.25, 0.3) is 0 Å². The highest BCUT2D eigenvalue weighted by Gasteiger charge is 2.35. The molecule has 4 nitrogen and oxygen atoms in total. The fourth-order valence-electron chi connectivity index (χ4n) is 5.74. The van der Waals surface area contributed by atoms with Gasteiger partial charge in [0.25, 0.3) is 0 Å². The van der Waals surface area contributed by atoms with E-state index in [1.165, 1.54) is 24.8 Å². The molecule has 37 heavy (non-hydrogen) atoms. The quantitative estimate of drug-likeness (QED) is 0.429. The van der Waals surface area contributed by atoms with Crippen LogP contribution in [0.2, 0.25) is 0 Å². The molecule has 1 atom stereocenters. The number of hydrogen-bond acceptors (Lipinski definition) is 4. The van der Waals surface area contributed by atoms with Gasteiger partial charge in [0.2, 0.25) is 5.91 Å². The summed E-state index contributed by atoms with van der Waals surface area (Å²) in [6, 6.07) is 15.2. The Bertz CT molecular complexity index is 1030. The van der Waals surface area contributed by atoms with Crippen molar-refractivity contribution in [3.8, 4) is 5.75 Å². The molecule has 1 amide bonds. The number of benzene rings is 2. The Balaban J connectivity index is 1.38. The molecule has 1 unspecified atom stereocenters. The van der Waals surface area contributed by atoms with E-state index < -0.39 is 0 Å². The number of rotatable bonds is 7. The molecular weight excluding hydrogens is 476 g/mol. The highest BCUT2D eigenvalue weighted by Crippen LogP contribution is 2.45. The van der Waals surface area contributed by atoms with Crippen LogP contribution in [0.15, 0.2) is 42.5 Å². The number of phenolic OH excluding ortho intramolecular Hbond substituents is 1. The summed E-state index contributed by atoms with van der Waals surface area (Å²) in [7, 11) is 0. The fourth-order valence-corrected chi connectivity index (χ4v) is 6.94. The van der Waals surface area contributed by atoms with E-state index in [1.807, 2.05) is 0 Å². The van der Waals surface area contributed by atoms with Crippen molar-refractivity contribution >= 4 is 17.7 Å². The second-order valence-electron chi connectivity index (χ2n) is 13.0. The number of thioether (sulfide) groups is 1. The lowest BCUT2D eigenvalue weighted by molar-refractivity contribution is -0.128. The number of likely N-dealkylation sites (tertiary alicyclic amines) is 1. The molecule has 2 heterocycles. The molecule has 2 aliphatic rings. The Kier molecular flexibility index (Phi) is 8.65. The van der Waals surface area contributed by atoms with E-state index in [4.69, 9.17) is 0 Å². The first kappa shape index (κ1) is 28.0. The van der Waals surface area contributed by atoms with Crippen LogP contribution in [0.5, 0.6) is 5.75 Å². The summed E-state index contributed by atoms with van der Waals surface area (Å²) in [6.45, 7) is 17.0. The lowest BCUT2D eigenvalue weighted by atomic mass is 9.78. The lowest BCUT2D eigenvalue weighted by Gasteiger charge is -2.33. The molecule has 0 radical (unpaired) electrons. The van der Waals surface area contributed by atoms with Gasteiger partial charge in [-0.05, 0) is 96.5 Å². The monoisotopic (exact) mass is 522 g/mol. The molecular formula is C32H46N2O2S. The SMILES string of the molecule is CC(C)(C)c1cc(C2SCC(=O)N2CCCN2CCC(Cc3ccccc3)CC2)cc(C(C)(C)C)c1O. The van der Waals surface area contributed by atoms with Gasteiger partial charge in [0.05, 0.1) is 5.75 Å². The van der Waals surface area contributed by atoms with Crippen LogP contribution in [-0.4, -0.2) is 52.7 Å². The largest absolute Gasteiger partial charge is 0.507 e. The van der Waals surface area contributed by atoms with Crippen molar-refractivity contribution in [1.29, 1.82) is 0 Å². The van der Waals surface area contributed by atoms with Crippen LogP contribution in [0.4, 0.5) is 0 Å². The molecule has 5 heteroatoms. The van der Waals surface area contributed by atoms with Gasteiger partial charge in [-0.15, -0.1) is 11.8 Å². The smallest absolute Gasteiger partial charge is 0.233 e. The zero-order valence-electron chi connectivity index (χ0n) is 23.7. The Morgan fingerprint density at radius 3 is 2.08 bits per heavy atom. The second-order valence-corrected chi connectivity index (χ2v) is 14.1. The number of hydrogen-bond donors (Lipinski definition) is 1. The Labute approximate surface area is 228 Å². The van der Waals surface area contributed by atoms with Gasteiger partial charge >= 0.3 is 0 Å². The van der Waals surface area contributed by atoms with Crippen molar-refractivity contribution < 1.29 is 9.90 Å². The Morgan fingerprint density at radius 1 is 0.919 bits per heavy atom. The minimum Gasteiger partial charge on any atom is -0.507 e. The van der Waals surface area contributed by atoms with Crippen molar-refractivity contribution in [1.82, 2.24) is 9.80 Å². The van der Waals surface area contributed by atoms with E-state index in [-0.39, 0.29) is 22.1 Å². The average Bonchev–Trinajstić information content (AvgIpc) is 3.20. The third kappa shape index (κ3) is 6.92. The maximum Gasteiger partial charge on any atom is 0.233 e. The number of phenols is 1. The molecule has 1 N–H and O–H groups in total. The molecule has 0 spiro atoms. The fraction of sp³-hybridized carbons (Fsp3) is 0.594. The van der Waals surface area contributed by atoms with Gasteiger partial charge in [0.15, 0.2) is 0 Å². The molecule has 2 fully saturated rings. The molecule has 2 saturated heterocycles. The highest BCUT2D eigenvalue weighted by molar-refractivity contribution is 8.00. The molecule has 0 saturated carbocycles. The Morgan fingerprint density at radius 2 is 1.51 bits per heavy atom. The van der Waals surface area contributed by atoms with Crippen LogP contribution in [0, 0.1) is 5.92 Å². The van der Waals surface area contributed by atoms with E-state index in [2.05, 4.69) is 93.8 Å². The summed E-state index contributed by atoms with van der Waals surface area (Å²) in [6.07, 6.45) is 4.71. The first-order chi connectivity index (χ1) is 17.4. The van der Waals surface area contributed by atoms with Crippen molar-refractivity contribution in [2.24, 2.45) is 5.92 Å². The van der Waals surface area contributed by atoms with Crippen LogP contribution < -0.4 is 0 Å². The first-order valence-electron chi connectivity index (χ1n) is 14.0. The zero-order valence-corrected chi connectivity index (χ0v) is 24.5. The molecule has 2 aromatic carbocycles. The van der Waals surface area contributed by atoms with E-state index in [0.29, 0.717) is 11.5 Å². The number of carbonyl (C=O) groups excluding carboxylic acids is 1. The van der Waals surface area contributed by atoms with E-state index >= 15 is 0 Å². The molecule has 0 aliphatic carbocycles. The van der Waals surface area contributed by atoms with E-state index in [1.54, 1.807) is 11.8 Å². The van der Waals surface area contributed by atoms with Crippen LogP contribution in [0.1, 0.15) is 88.4 Å². The van der Waals surface area contributed by atoms with Crippen molar-refractivity contribution in [3.05, 3.63) is 64.7 Å². The van der Waals surface area contributed by atoms with Gasteiger partial charge in [-0.1, -0.05) is 71.9 Å². The number of piperidine rings is 1. The highest BCUT2D eigenvalue weighted by atomic mass is 32.2. The van der Waals surface area contributed by atoms with Crippen LogP contribution in [-0.2, 0) is 22.0 Å². The molecule has 202 valence electrons. The summed E-state index contributed by atoms with van der Waals surface area (Å²) in [4.78, 5) is 17.6. The molecule has 2 aromatic rings. The van der Waals surface area contributed by atoms with Gasteiger partial charge in [0.1, 0.15) is 11.1 Å². The first-order valence-corrected chi connectivity index (χ1v) is 15.0. The van der Waals surface area contributed by atoms with Crippen molar-refractivity contribution in [2.45, 2.75) is 83.4 Å². The lowest BCUT2D eigenvalue weighted by Crippen LogP contribution is -2.37. The standard InChI is InChI=1S/C32H46N2O2S/c1-31(2,3)26-20-25(21-27(29(26)36)32(4,5)6)30-34(28(35)22-37-30)16-10-15-33-17-13-24(14-18-33)19-23-11-8-7-9-12-23/h7-9,11-12,20-21,24,30,36H,10,13-19,22H2,1-6H3. The number of amides is 1. The third-order valence-electron chi connectivity index (χ3n) is 7.95. The van der Waals surface area contributed by atoms with Gasteiger partial charge in [0, 0.05) is 6.54 Å². The molecule has 2 aliphatic heterocycles. The summed E-state index contributed by atoms with van der Waals surface area (Å²) in [5.41, 5.74) is 4.18. The maximum atomic E-state index is 12.9. The summed E-state index contributed by atoms with van der Waals surface area (Å²) >= 11 is 1.72. The van der Waals surface area contributed by atoms with Gasteiger partial charge < -0.3 is 14.9 Å². The summed E-state index contributed by atoms with van der Waals surface area (Å²) in [5, 5.41) is 11.2. The zero-order chi connectivity index (χ0) is 26.8. The minimum absolute atomic E-state index is 0.0203. The third-order valence-corrected chi connectivity index (χ3v) is 9.21.